The van der Waals surface area contributed by atoms with Gasteiger partial charge in [0, 0.05) is 32.2 Å². The van der Waals surface area contributed by atoms with E-state index in [-0.39, 0.29) is 24.0 Å². The molecule has 1 heterocycles. The van der Waals surface area contributed by atoms with Gasteiger partial charge in [-0.15, -0.1) is 24.0 Å². The van der Waals surface area contributed by atoms with E-state index in [2.05, 4.69) is 69.9 Å². The van der Waals surface area contributed by atoms with Crippen LogP contribution in [0.25, 0.3) is 0 Å². The molecule has 0 unspecified atom stereocenters. The molecule has 2 aromatic rings. The molecule has 3 rings (SSSR count). The monoisotopic (exact) mass is 522 g/mol. The second-order valence-electron chi connectivity index (χ2n) is 7.48. The van der Waals surface area contributed by atoms with Crippen molar-refractivity contribution >= 4 is 29.9 Å². The van der Waals surface area contributed by atoms with E-state index in [9.17, 15) is 0 Å². The molecule has 0 spiro atoms. The van der Waals surface area contributed by atoms with Crippen LogP contribution in [0.5, 0.6) is 0 Å². The second-order valence-corrected chi connectivity index (χ2v) is 7.48. The van der Waals surface area contributed by atoms with Gasteiger partial charge in [-0.25, -0.2) is 0 Å². The Morgan fingerprint density at radius 1 is 1.00 bits per heavy atom. The van der Waals surface area contributed by atoms with Crippen molar-refractivity contribution in [2.24, 2.45) is 4.99 Å². The zero-order valence-corrected chi connectivity index (χ0v) is 20.3. The number of likely N-dealkylation sites (tertiary alicyclic amines) is 1. The highest BCUT2D eigenvalue weighted by Gasteiger charge is 2.19. The van der Waals surface area contributed by atoms with Crippen LogP contribution in [0.2, 0.25) is 0 Å². The standard InChI is InChI=1S/C24H34N4O.HI/c1-2-25-24(26-15-18-29-20-22-11-7-4-8-12-22)27-23-13-16-28(17-14-23)19-21-9-5-3-6-10-21;/h3-12,23H,2,13-20H2,1H3,(H2,25,26,27);1H. The quantitative estimate of drug-likeness (QED) is 0.226. The summed E-state index contributed by atoms with van der Waals surface area (Å²) in [6.07, 6.45) is 2.28. The molecule has 0 aromatic heterocycles. The van der Waals surface area contributed by atoms with Gasteiger partial charge in [0.15, 0.2) is 5.96 Å². The predicted octanol–water partition coefficient (Wildman–Crippen LogP) is 4.04. The summed E-state index contributed by atoms with van der Waals surface area (Å²) in [6.45, 7) is 8.17. The van der Waals surface area contributed by atoms with E-state index in [4.69, 9.17) is 4.74 Å². The number of piperidine rings is 1. The number of halogens is 1. The third-order valence-electron chi connectivity index (χ3n) is 5.14. The molecule has 1 fully saturated rings. The Balaban J connectivity index is 0.00000320. The zero-order valence-electron chi connectivity index (χ0n) is 17.9. The lowest BCUT2D eigenvalue weighted by atomic mass is 10.0. The predicted molar refractivity (Wildman–Crippen MR) is 135 cm³/mol. The molecule has 0 atom stereocenters. The highest BCUT2D eigenvalue weighted by atomic mass is 127. The van der Waals surface area contributed by atoms with Gasteiger partial charge in [-0.1, -0.05) is 60.7 Å². The lowest BCUT2D eigenvalue weighted by Gasteiger charge is -2.33. The number of aliphatic imine (C=N–C) groups is 1. The Hall–Kier alpha value is -1.64. The zero-order chi connectivity index (χ0) is 20.2. The van der Waals surface area contributed by atoms with E-state index >= 15 is 0 Å². The minimum atomic E-state index is 0. The molecule has 0 radical (unpaired) electrons. The maximum Gasteiger partial charge on any atom is 0.191 e. The van der Waals surface area contributed by atoms with Gasteiger partial charge < -0.3 is 15.4 Å². The van der Waals surface area contributed by atoms with E-state index in [1.807, 2.05) is 18.2 Å². The van der Waals surface area contributed by atoms with Gasteiger partial charge in [-0.2, -0.15) is 0 Å². The number of ether oxygens (including phenoxy) is 1. The summed E-state index contributed by atoms with van der Waals surface area (Å²) in [5.41, 5.74) is 2.59. The van der Waals surface area contributed by atoms with E-state index in [1.165, 1.54) is 11.1 Å². The normalized spacial score (nSPS) is 15.4. The molecular formula is C24H35IN4O. The van der Waals surface area contributed by atoms with Gasteiger partial charge in [0.1, 0.15) is 0 Å². The molecule has 6 heteroatoms. The van der Waals surface area contributed by atoms with Crippen LogP contribution >= 0.6 is 24.0 Å². The number of benzene rings is 2. The van der Waals surface area contributed by atoms with Crippen LogP contribution in [0.15, 0.2) is 65.7 Å². The van der Waals surface area contributed by atoms with Crippen molar-refractivity contribution in [2.45, 2.75) is 39.0 Å². The first-order chi connectivity index (χ1) is 14.3. The van der Waals surface area contributed by atoms with E-state index in [0.29, 0.717) is 25.8 Å². The van der Waals surface area contributed by atoms with E-state index < -0.39 is 0 Å². The number of hydrogen-bond donors (Lipinski definition) is 2. The molecule has 1 aliphatic heterocycles. The molecular weight excluding hydrogens is 487 g/mol. The summed E-state index contributed by atoms with van der Waals surface area (Å²) < 4.78 is 5.74. The molecule has 0 amide bonds. The van der Waals surface area contributed by atoms with Crippen molar-refractivity contribution < 1.29 is 4.74 Å². The summed E-state index contributed by atoms with van der Waals surface area (Å²) in [4.78, 5) is 7.22. The fraction of sp³-hybridized carbons (Fsp3) is 0.458. The maximum atomic E-state index is 5.74. The molecule has 5 nitrogen and oxygen atoms in total. The molecule has 0 bridgehead atoms. The van der Waals surface area contributed by atoms with Crippen molar-refractivity contribution in [3.8, 4) is 0 Å². The van der Waals surface area contributed by atoms with E-state index in [0.717, 1.165) is 45.0 Å². The summed E-state index contributed by atoms with van der Waals surface area (Å²) in [5, 5.41) is 6.97. The van der Waals surface area contributed by atoms with Crippen LogP contribution < -0.4 is 10.6 Å². The lowest BCUT2D eigenvalue weighted by Crippen LogP contribution is -2.48. The van der Waals surface area contributed by atoms with Crippen molar-refractivity contribution in [1.29, 1.82) is 0 Å². The smallest absolute Gasteiger partial charge is 0.191 e. The number of nitrogens with zero attached hydrogens (tertiary/aromatic N) is 2. The van der Waals surface area contributed by atoms with Crippen LogP contribution in [0, 0.1) is 0 Å². The Morgan fingerprint density at radius 2 is 1.63 bits per heavy atom. The van der Waals surface area contributed by atoms with Crippen LogP contribution in [0.1, 0.15) is 30.9 Å². The molecule has 2 N–H and O–H groups in total. The molecule has 30 heavy (non-hydrogen) atoms. The van der Waals surface area contributed by atoms with Crippen molar-refractivity contribution in [1.82, 2.24) is 15.5 Å². The minimum absolute atomic E-state index is 0. The number of guanidine groups is 1. The fourth-order valence-corrected chi connectivity index (χ4v) is 3.58. The summed E-state index contributed by atoms with van der Waals surface area (Å²) in [6, 6.07) is 21.5. The third-order valence-corrected chi connectivity index (χ3v) is 5.14. The van der Waals surface area contributed by atoms with Gasteiger partial charge >= 0.3 is 0 Å². The summed E-state index contributed by atoms with van der Waals surface area (Å²) in [7, 11) is 0. The van der Waals surface area contributed by atoms with Gasteiger partial charge in [0.05, 0.1) is 19.8 Å². The highest BCUT2D eigenvalue weighted by Crippen LogP contribution is 2.13. The largest absolute Gasteiger partial charge is 0.375 e. The van der Waals surface area contributed by atoms with Crippen LogP contribution in [0.3, 0.4) is 0 Å². The third kappa shape index (κ3) is 9.02. The van der Waals surface area contributed by atoms with Crippen LogP contribution in [0.4, 0.5) is 0 Å². The summed E-state index contributed by atoms with van der Waals surface area (Å²) in [5.74, 6) is 0.900. The second kappa shape index (κ2) is 14.4. The average Bonchev–Trinajstić information content (AvgIpc) is 2.76. The Labute approximate surface area is 198 Å². The molecule has 1 saturated heterocycles. The molecule has 1 aliphatic rings. The highest BCUT2D eigenvalue weighted by molar-refractivity contribution is 14.0. The van der Waals surface area contributed by atoms with Gasteiger partial charge in [-0.05, 0) is 30.9 Å². The van der Waals surface area contributed by atoms with Gasteiger partial charge in [0.2, 0.25) is 0 Å². The molecule has 0 aliphatic carbocycles. The van der Waals surface area contributed by atoms with Crippen molar-refractivity contribution in [2.75, 3.05) is 32.8 Å². The fourth-order valence-electron chi connectivity index (χ4n) is 3.58. The Morgan fingerprint density at radius 3 is 2.27 bits per heavy atom. The molecule has 0 saturated carbocycles. The number of nitrogens with one attached hydrogen (secondary N) is 2. The van der Waals surface area contributed by atoms with Crippen molar-refractivity contribution in [3.63, 3.8) is 0 Å². The Kier molecular flexibility index (Phi) is 11.8. The summed E-state index contributed by atoms with van der Waals surface area (Å²) >= 11 is 0. The van der Waals surface area contributed by atoms with Crippen LogP contribution in [-0.4, -0.2) is 49.7 Å². The topological polar surface area (TPSA) is 48.9 Å². The SMILES string of the molecule is CCNC(=NCCOCc1ccccc1)NC1CCN(Cc2ccccc2)CC1.I. The molecule has 164 valence electrons. The first-order valence-corrected chi connectivity index (χ1v) is 10.8. The van der Waals surface area contributed by atoms with E-state index in [1.54, 1.807) is 0 Å². The minimum Gasteiger partial charge on any atom is -0.375 e. The first-order valence-electron chi connectivity index (χ1n) is 10.8. The number of hydrogen-bond acceptors (Lipinski definition) is 3. The molecule has 2 aromatic carbocycles. The Bertz CT molecular complexity index is 719. The lowest BCUT2D eigenvalue weighted by molar-refractivity contribution is 0.128. The van der Waals surface area contributed by atoms with Gasteiger partial charge in [0.25, 0.3) is 0 Å². The van der Waals surface area contributed by atoms with Crippen molar-refractivity contribution in [3.05, 3.63) is 71.8 Å². The first kappa shape index (κ1) is 24.6. The van der Waals surface area contributed by atoms with Gasteiger partial charge in [-0.3, -0.25) is 9.89 Å². The average molecular weight is 522 g/mol. The van der Waals surface area contributed by atoms with Crippen LogP contribution in [-0.2, 0) is 17.9 Å². The number of rotatable bonds is 9. The maximum absolute atomic E-state index is 5.74.